The van der Waals surface area contributed by atoms with E-state index in [1.165, 1.54) is 0 Å². The molecule has 1 unspecified atom stereocenters. The van der Waals surface area contributed by atoms with Crippen LogP contribution in [0.5, 0.6) is 0 Å². The molecule has 1 amide bonds. The molecule has 0 aliphatic carbocycles. The predicted octanol–water partition coefficient (Wildman–Crippen LogP) is 3.94. The van der Waals surface area contributed by atoms with Crippen LogP contribution in [0, 0.1) is 12.8 Å². The SMILES string of the molecule is Cc1ccc(C(C)(C)C)cc1S(=O)(=O)Nc1ccc(C(=O)N2CCCC(CO)C2)cc1. The standard InChI is InChI=1S/C24H32N2O4S/c1-17-7-10-20(24(2,3)4)14-22(17)31(29,30)25-21-11-8-19(9-12-21)23(28)26-13-5-6-18(15-26)16-27/h7-12,14,18,25,27H,5-6,13,15-16H2,1-4H3. The Morgan fingerprint density at radius 3 is 2.45 bits per heavy atom. The fraction of sp³-hybridized carbons (Fsp3) is 0.458. The van der Waals surface area contributed by atoms with Gasteiger partial charge in [-0.2, -0.15) is 0 Å². The predicted molar refractivity (Wildman–Crippen MR) is 123 cm³/mol. The van der Waals surface area contributed by atoms with Crippen LogP contribution >= 0.6 is 0 Å². The van der Waals surface area contributed by atoms with Gasteiger partial charge in [0.1, 0.15) is 0 Å². The number of sulfonamides is 1. The molecule has 7 heteroatoms. The molecule has 168 valence electrons. The van der Waals surface area contributed by atoms with Crippen LogP contribution in [0.15, 0.2) is 47.4 Å². The third-order valence-electron chi connectivity index (χ3n) is 5.79. The summed E-state index contributed by atoms with van der Waals surface area (Å²) in [4.78, 5) is 14.8. The molecule has 1 heterocycles. The number of benzene rings is 2. The summed E-state index contributed by atoms with van der Waals surface area (Å²) >= 11 is 0. The summed E-state index contributed by atoms with van der Waals surface area (Å²) in [5.41, 5.74) is 2.37. The second-order valence-corrected chi connectivity index (χ2v) is 11.0. The van der Waals surface area contributed by atoms with Gasteiger partial charge in [-0.3, -0.25) is 9.52 Å². The van der Waals surface area contributed by atoms with Gasteiger partial charge < -0.3 is 10.0 Å². The van der Waals surface area contributed by atoms with Crippen LogP contribution in [-0.4, -0.2) is 44.0 Å². The molecule has 2 N–H and O–H groups in total. The van der Waals surface area contributed by atoms with Gasteiger partial charge in [-0.15, -0.1) is 0 Å². The van der Waals surface area contributed by atoms with Crippen molar-refractivity contribution in [2.24, 2.45) is 5.92 Å². The Bertz CT molecular complexity index is 1040. The molecule has 1 saturated heterocycles. The van der Waals surface area contributed by atoms with E-state index >= 15 is 0 Å². The molecule has 1 atom stereocenters. The van der Waals surface area contributed by atoms with Crippen LogP contribution in [0.3, 0.4) is 0 Å². The maximum atomic E-state index is 13.0. The molecule has 0 aromatic heterocycles. The van der Waals surface area contributed by atoms with E-state index in [-0.39, 0.29) is 28.7 Å². The molecule has 0 spiro atoms. The molecule has 1 fully saturated rings. The number of piperidine rings is 1. The minimum absolute atomic E-state index is 0.0837. The number of aliphatic hydroxyl groups excluding tert-OH is 1. The molecule has 6 nitrogen and oxygen atoms in total. The molecular weight excluding hydrogens is 412 g/mol. The Hall–Kier alpha value is -2.38. The summed E-state index contributed by atoms with van der Waals surface area (Å²) in [7, 11) is -3.76. The quantitative estimate of drug-likeness (QED) is 0.731. The van der Waals surface area contributed by atoms with Gasteiger partial charge in [0.2, 0.25) is 0 Å². The van der Waals surface area contributed by atoms with E-state index in [1.54, 1.807) is 42.2 Å². The van der Waals surface area contributed by atoms with Crippen molar-refractivity contribution >= 4 is 21.6 Å². The Morgan fingerprint density at radius 2 is 1.84 bits per heavy atom. The van der Waals surface area contributed by atoms with Crippen molar-refractivity contribution in [3.05, 3.63) is 59.2 Å². The number of rotatable bonds is 5. The number of amides is 1. The van der Waals surface area contributed by atoms with Gasteiger partial charge in [0.05, 0.1) is 4.90 Å². The summed E-state index contributed by atoms with van der Waals surface area (Å²) in [6.45, 7) is 9.22. The van der Waals surface area contributed by atoms with Gasteiger partial charge in [-0.05, 0) is 72.6 Å². The van der Waals surface area contributed by atoms with Crippen LogP contribution in [0.2, 0.25) is 0 Å². The highest BCUT2D eigenvalue weighted by Gasteiger charge is 2.25. The summed E-state index contributed by atoms with van der Waals surface area (Å²) in [6.07, 6.45) is 1.80. The molecule has 1 aliphatic rings. The molecular formula is C24H32N2O4S. The van der Waals surface area contributed by atoms with Crippen LogP contribution in [-0.2, 0) is 15.4 Å². The third kappa shape index (κ3) is 5.46. The maximum Gasteiger partial charge on any atom is 0.262 e. The first-order valence-corrected chi connectivity index (χ1v) is 12.1. The first-order valence-electron chi connectivity index (χ1n) is 10.7. The zero-order valence-electron chi connectivity index (χ0n) is 18.7. The van der Waals surface area contributed by atoms with E-state index in [2.05, 4.69) is 4.72 Å². The van der Waals surface area contributed by atoms with Crippen molar-refractivity contribution in [2.45, 2.75) is 50.8 Å². The van der Waals surface area contributed by atoms with Gasteiger partial charge in [0, 0.05) is 30.9 Å². The van der Waals surface area contributed by atoms with Gasteiger partial charge in [0.15, 0.2) is 0 Å². The zero-order valence-corrected chi connectivity index (χ0v) is 19.5. The Balaban J connectivity index is 1.77. The first kappa shape index (κ1) is 23.3. The minimum atomic E-state index is -3.76. The van der Waals surface area contributed by atoms with E-state index < -0.39 is 10.0 Å². The highest BCUT2D eigenvalue weighted by Crippen LogP contribution is 2.28. The van der Waals surface area contributed by atoms with Crippen molar-refractivity contribution < 1.29 is 18.3 Å². The summed E-state index contributed by atoms with van der Waals surface area (Å²) in [5, 5.41) is 9.38. The summed E-state index contributed by atoms with van der Waals surface area (Å²) in [6, 6.07) is 12.0. The second kappa shape index (κ2) is 9.01. The van der Waals surface area contributed by atoms with Crippen molar-refractivity contribution in [1.82, 2.24) is 4.90 Å². The van der Waals surface area contributed by atoms with Crippen LogP contribution in [0.4, 0.5) is 5.69 Å². The lowest BCUT2D eigenvalue weighted by Gasteiger charge is -2.32. The number of likely N-dealkylation sites (tertiary alicyclic amines) is 1. The Kier molecular flexibility index (Phi) is 6.76. The van der Waals surface area contributed by atoms with E-state index in [9.17, 15) is 18.3 Å². The summed E-state index contributed by atoms with van der Waals surface area (Å²) < 4.78 is 28.7. The Morgan fingerprint density at radius 1 is 1.16 bits per heavy atom. The number of aryl methyl sites for hydroxylation is 1. The van der Waals surface area contributed by atoms with Crippen LogP contribution in [0.25, 0.3) is 0 Å². The normalized spacial score (nSPS) is 17.5. The van der Waals surface area contributed by atoms with Crippen molar-refractivity contribution in [3.63, 3.8) is 0 Å². The highest BCUT2D eigenvalue weighted by atomic mass is 32.2. The van der Waals surface area contributed by atoms with E-state index in [4.69, 9.17) is 0 Å². The fourth-order valence-electron chi connectivity index (χ4n) is 3.83. The molecule has 0 saturated carbocycles. The minimum Gasteiger partial charge on any atom is -0.396 e. The number of aliphatic hydroxyl groups is 1. The zero-order chi connectivity index (χ0) is 22.8. The molecule has 0 radical (unpaired) electrons. The van der Waals surface area contributed by atoms with Crippen molar-refractivity contribution in [1.29, 1.82) is 0 Å². The highest BCUT2D eigenvalue weighted by molar-refractivity contribution is 7.92. The summed E-state index contributed by atoms with van der Waals surface area (Å²) in [5.74, 6) is 0.0252. The third-order valence-corrected chi connectivity index (χ3v) is 7.32. The molecule has 0 bridgehead atoms. The number of nitrogens with zero attached hydrogens (tertiary/aromatic N) is 1. The monoisotopic (exact) mass is 444 g/mol. The topological polar surface area (TPSA) is 86.7 Å². The number of nitrogens with one attached hydrogen (secondary N) is 1. The van der Waals surface area contributed by atoms with Crippen LogP contribution < -0.4 is 4.72 Å². The lowest BCUT2D eigenvalue weighted by Crippen LogP contribution is -2.40. The first-order chi connectivity index (χ1) is 14.5. The fourth-order valence-corrected chi connectivity index (χ4v) is 5.16. The average Bonchev–Trinajstić information content (AvgIpc) is 2.73. The van der Waals surface area contributed by atoms with Crippen molar-refractivity contribution in [2.75, 3.05) is 24.4 Å². The number of hydrogen-bond donors (Lipinski definition) is 2. The molecule has 2 aromatic rings. The number of carbonyl (C=O) groups is 1. The lowest BCUT2D eigenvalue weighted by molar-refractivity contribution is 0.0620. The van der Waals surface area contributed by atoms with Gasteiger partial charge in [-0.1, -0.05) is 32.9 Å². The van der Waals surface area contributed by atoms with Gasteiger partial charge >= 0.3 is 0 Å². The molecule has 2 aromatic carbocycles. The van der Waals surface area contributed by atoms with E-state index in [1.807, 2.05) is 32.9 Å². The van der Waals surface area contributed by atoms with Crippen LogP contribution in [0.1, 0.15) is 55.1 Å². The lowest BCUT2D eigenvalue weighted by atomic mass is 9.87. The molecule has 31 heavy (non-hydrogen) atoms. The van der Waals surface area contributed by atoms with E-state index in [0.29, 0.717) is 29.9 Å². The van der Waals surface area contributed by atoms with E-state index in [0.717, 1.165) is 18.4 Å². The number of hydrogen-bond acceptors (Lipinski definition) is 4. The maximum absolute atomic E-state index is 13.0. The average molecular weight is 445 g/mol. The Labute approximate surface area is 185 Å². The number of carbonyl (C=O) groups excluding carboxylic acids is 1. The largest absolute Gasteiger partial charge is 0.396 e. The smallest absolute Gasteiger partial charge is 0.262 e. The molecule has 1 aliphatic heterocycles. The van der Waals surface area contributed by atoms with Gasteiger partial charge in [-0.25, -0.2) is 8.42 Å². The van der Waals surface area contributed by atoms with Gasteiger partial charge in [0.25, 0.3) is 15.9 Å². The number of anilines is 1. The van der Waals surface area contributed by atoms with Crippen molar-refractivity contribution in [3.8, 4) is 0 Å². The second-order valence-electron chi connectivity index (χ2n) is 9.36. The molecule has 3 rings (SSSR count).